The number of carbonyl (C=O) groups excluding carboxylic acids is 1. The minimum atomic E-state index is -0.266. The summed E-state index contributed by atoms with van der Waals surface area (Å²) in [7, 11) is 0. The number of nitrogens with zero attached hydrogens (tertiary/aromatic N) is 2. The summed E-state index contributed by atoms with van der Waals surface area (Å²) in [6, 6.07) is -0.208. The Morgan fingerprint density at radius 3 is 3.33 bits per heavy atom. The molecule has 1 unspecified atom stereocenters. The first-order valence-corrected chi connectivity index (χ1v) is 5.83. The Kier molecular flexibility index (Phi) is 3.30. The van der Waals surface area contributed by atoms with Crippen LogP contribution < -0.4 is 11.1 Å². The van der Waals surface area contributed by atoms with Gasteiger partial charge in [-0.05, 0) is 0 Å². The number of primary amides is 1. The fraction of sp³-hybridized carbons (Fsp3) is 0.556. The number of thiazole rings is 1. The maximum absolute atomic E-state index is 11.2. The van der Waals surface area contributed by atoms with Gasteiger partial charge >= 0.3 is 0 Å². The topological polar surface area (TPSA) is 71.2 Å². The molecule has 1 aromatic heterocycles. The molecular weight excluding hydrogens is 212 g/mol. The zero-order valence-electron chi connectivity index (χ0n) is 8.35. The SMILES string of the molecule is NC(=O)C1CNCCN1Cc1cscn1. The molecule has 0 spiro atoms. The molecule has 1 fully saturated rings. The molecule has 0 bridgehead atoms. The maximum Gasteiger partial charge on any atom is 0.236 e. The van der Waals surface area contributed by atoms with Gasteiger partial charge in [-0.1, -0.05) is 0 Å². The number of piperazine rings is 1. The van der Waals surface area contributed by atoms with E-state index >= 15 is 0 Å². The van der Waals surface area contributed by atoms with Gasteiger partial charge in [0.2, 0.25) is 5.91 Å². The van der Waals surface area contributed by atoms with Crippen molar-refractivity contribution < 1.29 is 4.79 Å². The molecule has 3 N–H and O–H groups in total. The van der Waals surface area contributed by atoms with Crippen LogP contribution in [0, 0.1) is 0 Å². The Hall–Kier alpha value is -0.980. The standard InChI is InChI=1S/C9H14N4OS/c10-9(14)8-3-11-1-2-13(8)4-7-5-15-6-12-7/h5-6,8,11H,1-4H2,(H2,10,14). The summed E-state index contributed by atoms with van der Waals surface area (Å²) in [5.74, 6) is -0.266. The third-order valence-corrected chi connectivity index (χ3v) is 3.17. The van der Waals surface area contributed by atoms with Crippen LogP contribution in [-0.4, -0.2) is 41.5 Å². The number of amides is 1. The molecular formula is C9H14N4OS. The van der Waals surface area contributed by atoms with E-state index in [0.717, 1.165) is 18.8 Å². The monoisotopic (exact) mass is 226 g/mol. The summed E-state index contributed by atoms with van der Waals surface area (Å²) in [5.41, 5.74) is 8.16. The summed E-state index contributed by atoms with van der Waals surface area (Å²) in [6.45, 7) is 3.08. The summed E-state index contributed by atoms with van der Waals surface area (Å²) in [5, 5.41) is 5.17. The van der Waals surface area contributed by atoms with Crippen molar-refractivity contribution in [3.63, 3.8) is 0 Å². The summed E-state index contributed by atoms with van der Waals surface area (Å²) in [6.07, 6.45) is 0. The highest BCUT2D eigenvalue weighted by atomic mass is 32.1. The fourth-order valence-electron chi connectivity index (χ4n) is 1.74. The largest absolute Gasteiger partial charge is 0.368 e. The maximum atomic E-state index is 11.2. The highest BCUT2D eigenvalue weighted by Crippen LogP contribution is 2.10. The van der Waals surface area contributed by atoms with Crippen LogP contribution in [0.25, 0.3) is 0 Å². The second-order valence-electron chi connectivity index (χ2n) is 3.57. The Bertz CT molecular complexity index is 327. The number of hydrogen-bond acceptors (Lipinski definition) is 5. The molecule has 1 aliphatic heterocycles. The first-order chi connectivity index (χ1) is 7.27. The van der Waals surface area contributed by atoms with E-state index in [1.807, 2.05) is 5.38 Å². The van der Waals surface area contributed by atoms with E-state index in [0.29, 0.717) is 13.1 Å². The third kappa shape index (κ3) is 2.53. The van der Waals surface area contributed by atoms with Crippen molar-refractivity contribution in [1.29, 1.82) is 0 Å². The minimum Gasteiger partial charge on any atom is -0.368 e. The van der Waals surface area contributed by atoms with E-state index in [2.05, 4.69) is 15.2 Å². The third-order valence-electron chi connectivity index (χ3n) is 2.53. The van der Waals surface area contributed by atoms with Crippen LogP contribution in [0.1, 0.15) is 5.69 Å². The minimum absolute atomic E-state index is 0.208. The molecule has 0 aliphatic carbocycles. The van der Waals surface area contributed by atoms with Crippen molar-refractivity contribution in [3.8, 4) is 0 Å². The smallest absolute Gasteiger partial charge is 0.236 e. The molecule has 2 heterocycles. The van der Waals surface area contributed by atoms with Gasteiger partial charge in [0, 0.05) is 31.6 Å². The Labute approximate surface area is 92.3 Å². The first-order valence-electron chi connectivity index (χ1n) is 4.88. The van der Waals surface area contributed by atoms with Gasteiger partial charge in [0.15, 0.2) is 0 Å². The van der Waals surface area contributed by atoms with Crippen LogP contribution in [-0.2, 0) is 11.3 Å². The van der Waals surface area contributed by atoms with Crippen molar-refractivity contribution in [2.45, 2.75) is 12.6 Å². The summed E-state index contributed by atoms with van der Waals surface area (Å²) < 4.78 is 0. The zero-order chi connectivity index (χ0) is 10.7. The van der Waals surface area contributed by atoms with Crippen molar-refractivity contribution in [2.75, 3.05) is 19.6 Å². The van der Waals surface area contributed by atoms with Crippen LogP contribution in [0.3, 0.4) is 0 Å². The van der Waals surface area contributed by atoms with Crippen LogP contribution >= 0.6 is 11.3 Å². The van der Waals surface area contributed by atoms with Gasteiger partial charge < -0.3 is 11.1 Å². The van der Waals surface area contributed by atoms with E-state index in [9.17, 15) is 4.79 Å². The van der Waals surface area contributed by atoms with Crippen molar-refractivity contribution >= 4 is 17.2 Å². The van der Waals surface area contributed by atoms with E-state index in [1.54, 1.807) is 16.8 Å². The molecule has 0 aromatic carbocycles. The molecule has 5 nitrogen and oxygen atoms in total. The number of carbonyl (C=O) groups is 1. The molecule has 0 saturated carbocycles. The molecule has 6 heteroatoms. The predicted octanol–water partition coefficient (Wildman–Crippen LogP) is -0.598. The quantitative estimate of drug-likeness (QED) is 0.722. The highest BCUT2D eigenvalue weighted by Gasteiger charge is 2.26. The lowest BCUT2D eigenvalue weighted by atomic mass is 10.2. The van der Waals surface area contributed by atoms with E-state index in [4.69, 9.17) is 5.73 Å². The van der Waals surface area contributed by atoms with Crippen LogP contribution in [0.4, 0.5) is 0 Å². The predicted molar refractivity (Wildman–Crippen MR) is 58.4 cm³/mol. The number of nitrogens with two attached hydrogens (primary N) is 1. The molecule has 1 atom stereocenters. The van der Waals surface area contributed by atoms with Crippen molar-refractivity contribution in [1.82, 2.24) is 15.2 Å². The molecule has 1 saturated heterocycles. The van der Waals surface area contributed by atoms with Crippen molar-refractivity contribution in [3.05, 3.63) is 16.6 Å². The van der Waals surface area contributed by atoms with E-state index in [1.165, 1.54) is 0 Å². The number of nitrogens with one attached hydrogen (secondary N) is 1. The molecule has 1 aromatic rings. The molecule has 82 valence electrons. The zero-order valence-corrected chi connectivity index (χ0v) is 9.17. The van der Waals surface area contributed by atoms with Gasteiger partial charge in [-0.2, -0.15) is 0 Å². The van der Waals surface area contributed by atoms with Gasteiger partial charge in [-0.15, -0.1) is 11.3 Å². The number of rotatable bonds is 3. The van der Waals surface area contributed by atoms with Crippen LogP contribution in [0.5, 0.6) is 0 Å². The Morgan fingerprint density at radius 1 is 1.80 bits per heavy atom. The van der Waals surface area contributed by atoms with Gasteiger partial charge in [-0.3, -0.25) is 9.69 Å². The van der Waals surface area contributed by atoms with Crippen molar-refractivity contribution in [2.24, 2.45) is 5.73 Å². The number of hydrogen-bond donors (Lipinski definition) is 2. The fourth-order valence-corrected chi connectivity index (χ4v) is 2.29. The lowest BCUT2D eigenvalue weighted by molar-refractivity contribution is -0.124. The van der Waals surface area contributed by atoms with Gasteiger partial charge in [0.25, 0.3) is 0 Å². The lowest BCUT2D eigenvalue weighted by Gasteiger charge is -2.33. The van der Waals surface area contributed by atoms with Gasteiger partial charge in [-0.25, -0.2) is 4.98 Å². The molecule has 1 amide bonds. The summed E-state index contributed by atoms with van der Waals surface area (Å²) >= 11 is 1.57. The van der Waals surface area contributed by atoms with Crippen LogP contribution in [0.2, 0.25) is 0 Å². The molecule has 15 heavy (non-hydrogen) atoms. The first kappa shape index (κ1) is 10.5. The Balaban J connectivity index is 2.02. The van der Waals surface area contributed by atoms with E-state index < -0.39 is 0 Å². The molecule has 0 radical (unpaired) electrons. The lowest BCUT2D eigenvalue weighted by Crippen LogP contribution is -2.56. The van der Waals surface area contributed by atoms with Gasteiger partial charge in [0.1, 0.15) is 6.04 Å². The highest BCUT2D eigenvalue weighted by molar-refractivity contribution is 7.07. The average Bonchev–Trinajstić information content (AvgIpc) is 2.71. The second-order valence-corrected chi connectivity index (χ2v) is 4.29. The van der Waals surface area contributed by atoms with E-state index in [-0.39, 0.29) is 11.9 Å². The van der Waals surface area contributed by atoms with Crippen LogP contribution in [0.15, 0.2) is 10.9 Å². The normalized spacial score (nSPS) is 22.8. The van der Waals surface area contributed by atoms with Gasteiger partial charge in [0.05, 0.1) is 11.2 Å². The number of aromatic nitrogens is 1. The molecule has 1 aliphatic rings. The summed E-state index contributed by atoms with van der Waals surface area (Å²) in [4.78, 5) is 17.5. The average molecular weight is 226 g/mol. The molecule has 2 rings (SSSR count). The second kappa shape index (κ2) is 4.69. The Morgan fingerprint density at radius 2 is 2.67 bits per heavy atom.